The minimum absolute atomic E-state index is 0.243. The Bertz CT molecular complexity index is 1220. The van der Waals surface area contributed by atoms with Gasteiger partial charge in [-0.05, 0) is 49.9 Å². The lowest BCUT2D eigenvalue weighted by molar-refractivity contribution is -0.137. The van der Waals surface area contributed by atoms with Crippen LogP contribution >= 0.6 is 0 Å². The molecule has 2 unspecified atom stereocenters. The predicted molar refractivity (Wildman–Crippen MR) is 235 cm³/mol. The van der Waals surface area contributed by atoms with E-state index in [0.717, 1.165) is 38.5 Å². The molecule has 0 aromatic heterocycles. The summed E-state index contributed by atoms with van der Waals surface area (Å²) in [5, 5.41) is 18.7. The van der Waals surface area contributed by atoms with Gasteiger partial charge in [-0.25, -0.2) is 11.0 Å². The van der Waals surface area contributed by atoms with Gasteiger partial charge in [-0.3, -0.25) is 20.0 Å². The van der Waals surface area contributed by atoms with Crippen molar-refractivity contribution in [2.45, 2.75) is 193 Å². The number of hydrogen-bond donors (Lipinski definition) is 4. The second kappa shape index (κ2) is 36.3. The van der Waals surface area contributed by atoms with Crippen LogP contribution in [-0.4, -0.2) is 60.9 Å². The van der Waals surface area contributed by atoms with Crippen molar-refractivity contribution in [1.29, 1.82) is 0 Å². The molecular formula is C48H80N2O9. The monoisotopic (exact) mass is 829 g/mol. The number of amides is 2. The fourth-order valence-electron chi connectivity index (χ4n) is 7.14. The number of carbonyl (C=O) groups excluding carboxylic acids is 2. The minimum atomic E-state index is -0.837. The minimum Gasteiger partial charge on any atom is -0.487 e. The van der Waals surface area contributed by atoms with E-state index in [-0.39, 0.29) is 26.4 Å². The maximum Gasteiger partial charge on any atom is 0.284 e. The summed E-state index contributed by atoms with van der Waals surface area (Å²) in [6.07, 6.45) is 28.7. The molecule has 2 atom stereocenters. The van der Waals surface area contributed by atoms with E-state index in [0.29, 0.717) is 35.8 Å². The van der Waals surface area contributed by atoms with Crippen molar-refractivity contribution < 1.29 is 43.7 Å². The largest absolute Gasteiger partial charge is 0.487 e. The van der Waals surface area contributed by atoms with Crippen LogP contribution in [0.4, 0.5) is 0 Å². The first kappa shape index (κ1) is 51.6. The van der Waals surface area contributed by atoms with Gasteiger partial charge in [0.1, 0.15) is 13.2 Å². The van der Waals surface area contributed by atoms with Crippen molar-refractivity contribution in [2.75, 3.05) is 26.4 Å². The van der Waals surface area contributed by atoms with Crippen LogP contribution in [-0.2, 0) is 14.3 Å². The molecule has 0 aliphatic carbocycles. The lowest BCUT2D eigenvalue weighted by Crippen LogP contribution is -2.36. The van der Waals surface area contributed by atoms with Gasteiger partial charge in [0.15, 0.2) is 35.2 Å². The third-order valence-corrected chi connectivity index (χ3v) is 10.7. The van der Waals surface area contributed by atoms with Crippen molar-refractivity contribution >= 4 is 11.8 Å². The fraction of sp³-hybridized carbons (Fsp3) is 0.708. The summed E-state index contributed by atoms with van der Waals surface area (Å²) in [6.45, 7) is 5.55. The number of nitrogens with one attached hydrogen (secondary N) is 2. The Hall–Kier alpha value is -3.54. The first-order valence-corrected chi connectivity index (χ1v) is 23.3. The number of carbonyl (C=O) groups is 2. The number of unbranched alkanes of at least 4 members (excludes halogenated alkanes) is 22. The van der Waals surface area contributed by atoms with Gasteiger partial charge >= 0.3 is 0 Å². The molecule has 0 spiro atoms. The predicted octanol–water partition coefficient (Wildman–Crippen LogP) is 11.8. The molecule has 0 saturated carbocycles. The van der Waals surface area contributed by atoms with Gasteiger partial charge in [0, 0.05) is 0 Å². The molecule has 0 fully saturated rings. The van der Waals surface area contributed by atoms with Crippen LogP contribution in [0.2, 0.25) is 0 Å². The van der Waals surface area contributed by atoms with E-state index in [4.69, 9.17) is 23.7 Å². The van der Waals surface area contributed by atoms with Crippen molar-refractivity contribution in [1.82, 2.24) is 11.0 Å². The zero-order chi connectivity index (χ0) is 42.4. The van der Waals surface area contributed by atoms with Crippen molar-refractivity contribution in [3.63, 3.8) is 0 Å². The van der Waals surface area contributed by atoms with Gasteiger partial charge in [0.25, 0.3) is 11.8 Å². The first-order valence-electron chi connectivity index (χ1n) is 23.3. The molecule has 2 aromatic rings. The zero-order valence-electron chi connectivity index (χ0n) is 36.7. The lowest BCUT2D eigenvalue weighted by atomic mass is 10.0. The average molecular weight is 829 g/mol. The SMILES string of the molecule is CCCCCCCCCCCCCCC(Oc1ccccc1OCCOCCOc1ccccc1OC(CCCCCCCCCCCCCC)C(=O)NO)C(=O)NO. The van der Waals surface area contributed by atoms with E-state index in [1.165, 1.54) is 116 Å². The molecule has 59 heavy (non-hydrogen) atoms. The molecule has 0 heterocycles. The smallest absolute Gasteiger partial charge is 0.284 e. The molecule has 0 radical (unpaired) electrons. The first-order chi connectivity index (χ1) is 29.0. The third kappa shape index (κ3) is 25.6. The molecule has 11 heteroatoms. The molecule has 336 valence electrons. The molecule has 2 amide bonds. The number of ether oxygens (including phenoxy) is 5. The zero-order valence-corrected chi connectivity index (χ0v) is 36.7. The summed E-state index contributed by atoms with van der Waals surface area (Å²) in [5.74, 6) is 0.650. The number of para-hydroxylation sites is 4. The molecule has 2 rings (SSSR count). The molecule has 11 nitrogen and oxygen atoms in total. The van der Waals surface area contributed by atoms with Crippen molar-refractivity contribution in [3.8, 4) is 23.0 Å². The second-order valence-electron chi connectivity index (χ2n) is 15.7. The second-order valence-corrected chi connectivity index (χ2v) is 15.7. The Labute approximate surface area is 356 Å². The molecule has 0 bridgehead atoms. The Morgan fingerprint density at radius 3 is 1.03 bits per heavy atom. The van der Waals surface area contributed by atoms with Gasteiger partial charge in [-0.2, -0.15) is 0 Å². The lowest BCUT2D eigenvalue weighted by Gasteiger charge is -2.20. The van der Waals surface area contributed by atoms with Gasteiger partial charge < -0.3 is 23.7 Å². The van der Waals surface area contributed by atoms with Gasteiger partial charge in [-0.1, -0.05) is 179 Å². The maximum atomic E-state index is 12.5. The standard InChI is InChI=1S/C48H80N2O9/c1-3-5-7-9-11-13-15-17-19-21-23-25-35-45(47(51)49-53)58-43-33-29-27-31-41(43)56-39-37-55-38-40-57-42-32-28-30-34-44(42)59-46(48(52)50-54)36-26-24-22-20-18-16-14-12-10-8-6-4-2/h27-34,45-46,53-54H,3-26,35-40H2,1-2H3,(H,49,51)(H,50,52). The van der Waals surface area contributed by atoms with E-state index in [9.17, 15) is 20.0 Å². The van der Waals surface area contributed by atoms with Crippen LogP contribution in [0.25, 0.3) is 0 Å². The summed E-state index contributed by atoms with van der Waals surface area (Å²) in [4.78, 5) is 24.9. The highest BCUT2D eigenvalue weighted by molar-refractivity contribution is 5.80. The number of rotatable bonds is 40. The molecule has 4 N–H and O–H groups in total. The summed E-state index contributed by atoms with van der Waals surface area (Å²) in [5.41, 5.74) is 3.51. The van der Waals surface area contributed by atoms with Crippen LogP contribution in [0.1, 0.15) is 181 Å². The van der Waals surface area contributed by atoms with Crippen LogP contribution in [0.3, 0.4) is 0 Å². The van der Waals surface area contributed by atoms with Crippen molar-refractivity contribution in [3.05, 3.63) is 48.5 Å². The van der Waals surface area contributed by atoms with E-state index < -0.39 is 24.0 Å². The number of benzene rings is 2. The van der Waals surface area contributed by atoms with Gasteiger partial charge in [0.2, 0.25) is 0 Å². The molecule has 0 aliphatic rings. The van der Waals surface area contributed by atoms with Crippen LogP contribution in [0.15, 0.2) is 48.5 Å². The van der Waals surface area contributed by atoms with Crippen LogP contribution in [0.5, 0.6) is 23.0 Å². The summed E-state index contributed by atoms with van der Waals surface area (Å²) in [6, 6.07) is 14.3. The van der Waals surface area contributed by atoms with Gasteiger partial charge in [-0.15, -0.1) is 0 Å². The highest BCUT2D eigenvalue weighted by Crippen LogP contribution is 2.30. The Kier molecular flexibility index (Phi) is 31.8. The number of hydrogen-bond acceptors (Lipinski definition) is 9. The number of hydroxylamine groups is 2. The van der Waals surface area contributed by atoms with E-state index >= 15 is 0 Å². The molecule has 0 saturated heterocycles. The van der Waals surface area contributed by atoms with Crippen molar-refractivity contribution in [2.24, 2.45) is 0 Å². The Morgan fingerprint density at radius 1 is 0.441 bits per heavy atom. The maximum absolute atomic E-state index is 12.5. The quantitative estimate of drug-likeness (QED) is 0.0293. The molecular weight excluding hydrogens is 749 g/mol. The van der Waals surface area contributed by atoms with E-state index in [1.54, 1.807) is 35.2 Å². The third-order valence-electron chi connectivity index (χ3n) is 10.7. The fourth-order valence-corrected chi connectivity index (χ4v) is 7.14. The van der Waals surface area contributed by atoms with E-state index in [2.05, 4.69) is 13.8 Å². The Balaban J connectivity index is 1.68. The van der Waals surface area contributed by atoms with E-state index in [1.807, 2.05) is 24.3 Å². The Morgan fingerprint density at radius 2 is 0.729 bits per heavy atom. The highest BCUT2D eigenvalue weighted by atomic mass is 16.6. The van der Waals surface area contributed by atoms with Crippen LogP contribution in [0, 0.1) is 0 Å². The highest BCUT2D eigenvalue weighted by Gasteiger charge is 2.22. The van der Waals surface area contributed by atoms with Crippen LogP contribution < -0.4 is 29.9 Å². The molecule has 2 aromatic carbocycles. The summed E-state index contributed by atoms with van der Waals surface area (Å²) >= 11 is 0. The average Bonchev–Trinajstić information content (AvgIpc) is 3.26. The normalized spacial score (nSPS) is 12.1. The molecule has 0 aliphatic heterocycles. The van der Waals surface area contributed by atoms with Gasteiger partial charge in [0.05, 0.1) is 13.2 Å². The topological polar surface area (TPSA) is 145 Å². The summed E-state index contributed by atoms with van der Waals surface area (Å²) in [7, 11) is 0. The summed E-state index contributed by atoms with van der Waals surface area (Å²) < 4.78 is 29.8.